The van der Waals surface area contributed by atoms with Gasteiger partial charge in [-0.1, -0.05) is 24.3 Å². The zero-order valence-electron chi connectivity index (χ0n) is 11.1. The maximum Gasteiger partial charge on any atom is 0.137 e. The van der Waals surface area contributed by atoms with Crippen LogP contribution in [0.15, 0.2) is 24.3 Å². The standard InChI is InChI=1S/C16H16O3/c1-8(17)7-16(9(2)18)12-13(16)15-11-6-4-3-5-10(11)14(12)19-15/h3-6,12-15H,7H2,1-2H3. The third kappa shape index (κ3) is 1.17. The molecule has 0 N–H and O–H groups in total. The normalized spacial score (nSPS) is 40.7. The van der Waals surface area contributed by atoms with Gasteiger partial charge in [0.1, 0.15) is 11.6 Å². The molecule has 19 heavy (non-hydrogen) atoms. The minimum absolute atomic E-state index is 0.0226. The highest BCUT2D eigenvalue weighted by molar-refractivity contribution is 5.93. The molecule has 3 nitrogen and oxygen atoms in total. The van der Waals surface area contributed by atoms with Gasteiger partial charge >= 0.3 is 0 Å². The molecule has 1 aromatic rings. The minimum Gasteiger partial charge on any atom is -0.365 e. The summed E-state index contributed by atoms with van der Waals surface area (Å²) in [6, 6.07) is 8.21. The second kappa shape index (κ2) is 3.34. The van der Waals surface area contributed by atoms with Gasteiger partial charge in [0.25, 0.3) is 0 Å². The Labute approximate surface area is 111 Å². The smallest absolute Gasteiger partial charge is 0.137 e. The molecule has 98 valence electrons. The average molecular weight is 256 g/mol. The van der Waals surface area contributed by atoms with E-state index >= 15 is 0 Å². The number of hydrogen-bond acceptors (Lipinski definition) is 3. The van der Waals surface area contributed by atoms with Crippen LogP contribution in [0.5, 0.6) is 0 Å². The van der Waals surface area contributed by atoms with Crippen molar-refractivity contribution in [3.63, 3.8) is 0 Å². The van der Waals surface area contributed by atoms with Crippen LogP contribution in [0.3, 0.4) is 0 Å². The molecule has 1 aliphatic carbocycles. The van der Waals surface area contributed by atoms with E-state index in [0.29, 0.717) is 6.42 Å². The molecule has 2 heterocycles. The summed E-state index contributed by atoms with van der Waals surface area (Å²) < 4.78 is 6.03. The summed E-state index contributed by atoms with van der Waals surface area (Å²) in [5.74, 6) is 0.694. The first-order valence-electron chi connectivity index (χ1n) is 6.82. The summed E-state index contributed by atoms with van der Waals surface area (Å²) in [5.41, 5.74) is 2.00. The molecule has 2 bridgehead atoms. The lowest BCUT2D eigenvalue weighted by Gasteiger charge is -2.20. The quantitative estimate of drug-likeness (QED) is 0.835. The van der Waals surface area contributed by atoms with Crippen LogP contribution >= 0.6 is 0 Å². The van der Waals surface area contributed by atoms with E-state index in [0.717, 1.165) is 0 Å². The number of ether oxygens (including phenoxy) is 1. The lowest BCUT2D eigenvalue weighted by Crippen LogP contribution is -2.24. The van der Waals surface area contributed by atoms with Crippen molar-refractivity contribution in [2.24, 2.45) is 17.3 Å². The Morgan fingerprint density at radius 1 is 1.11 bits per heavy atom. The second-order valence-electron chi connectivity index (χ2n) is 6.13. The van der Waals surface area contributed by atoms with Crippen molar-refractivity contribution in [2.75, 3.05) is 0 Å². The van der Waals surface area contributed by atoms with Crippen LogP contribution in [0.4, 0.5) is 0 Å². The van der Waals surface area contributed by atoms with Crippen LogP contribution in [-0.2, 0) is 14.3 Å². The van der Waals surface area contributed by atoms with E-state index in [1.165, 1.54) is 11.1 Å². The zero-order chi connectivity index (χ0) is 13.4. The Balaban J connectivity index is 1.78. The molecular formula is C16H16O3. The van der Waals surface area contributed by atoms with Crippen LogP contribution in [0, 0.1) is 17.3 Å². The molecule has 4 rings (SSSR count). The molecule has 0 amide bonds. The first-order chi connectivity index (χ1) is 9.07. The molecular weight excluding hydrogens is 240 g/mol. The molecule has 1 aromatic carbocycles. The predicted molar refractivity (Wildman–Crippen MR) is 68.4 cm³/mol. The third-order valence-electron chi connectivity index (χ3n) is 5.22. The van der Waals surface area contributed by atoms with Gasteiger partial charge < -0.3 is 4.74 Å². The van der Waals surface area contributed by atoms with E-state index in [1.807, 2.05) is 12.1 Å². The predicted octanol–water partition coefficient (Wildman–Crippen LogP) is 2.61. The fraction of sp³-hybridized carbons (Fsp3) is 0.500. The molecule has 1 saturated carbocycles. The third-order valence-corrected chi connectivity index (χ3v) is 5.22. The van der Waals surface area contributed by atoms with Gasteiger partial charge in [-0.3, -0.25) is 9.59 Å². The highest BCUT2D eigenvalue weighted by atomic mass is 16.5. The maximum absolute atomic E-state index is 12.1. The van der Waals surface area contributed by atoms with Crippen molar-refractivity contribution < 1.29 is 14.3 Å². The lowest BCUT2D eigenvalue weighted by molar-refractivity contribution is -0.131. The number of hydrogen-bond donors (Lipinski definition) is 0. The number of ketones is 2. The van der Waals surface area contributed by atoms with Gasteiger partial charge in [0.15, 0.2) is 0 Å². The SMILES string of the molecule is CC(=O)CC1(C(C)=O)C2C3OC(c4ccccc43)C21. The van der Waals surface area contributed by atoms with Gasteiger partial charge in [-0.05, 0) is 25.0 Å². The number of rotatable bonds is 3. The van der Waals surface area contributed by atoms with E-state index in [4.69, 9.17) is 4.74 Å². The minimum atomic E-state index is -0.446. The summed E-state index contributed by atoms with van der Waals surface area (Å²) in [6.45, 7) is 3.21. The van der Waals surface area contributed by atoms with Gasteiger partial charge in [-0.15, -0.1) is 0 Å². The summed E-state index contributed by atoms with van der Waals surface area (Å²) >= 11 is 0. The number of benzene rings is 1. The Morgan fingerprint density at radius 2 is 1.63 bits per heavy atom. The van der Waals surface area contributed by atoms with Crippen LogP contribution in [-0.4, -0.2) is 11.6 Å². The maximum atomic E-state index is 12.1. The number of carbonyl (C=O) groups excluding carboxylic acids is 2. The lowest BCUT2D eigenvalue weighted by atomic mass is 9.88. The Morgan fingerprint density at radius 3 is 2.05 bits per heavy atom. The number of fused-ring (bicyclic) bond motifs is 8. The van der Waals surface area contributed by atoms with Crippen molar-refractivity contribution in [3.05, 3.63) is 35.4 Å². The van der Waals surface area contributed by atoms with E-state index in [2.05, 4.69) is 12.1 Å². The topological polar surface area (TPSA) is 43.4 Å². The van der Waals surface area contributed by atoms with Crippen molar-refractivity contribution in [3.8, 4) is 0 Å². The molecule has 0 radical (unpaired) electrons. The first kappa shape index (κ1) is 11.4. The molecule has 2 fully saturated rings. The summed E-state index contributed by atoms with van der Waals surface area (Å²) in [4.78, 5) is 23.7. The van der Waals surface area contributed by atoms with E-state index < -0.39 is 5.41 Å². The molecule has 4 unspecified atom stereocenters. The zero-order valence-corrected chi connectivity index (χ0v) is 11.1. The molecule has 3 aliphatic rings. The van der Waals surface area contributed by atoms with Crippen molar-refractivity contribution in [1.29, 1.82) is 0 Å². The van der Waals surface area contributed by atoms with E-state index in [1.54, 1.807) is 13.8 Å². The van der Waals surface area contributed by atoms with Crippen molar-refractivity contribution in [1.82, 2.24) is 0 Å². The highest BCUT2D eigenvalue weighted by Gasteiger charge is 2.79. The summed E-state index contributed by atoms with van der Waals surface area (Å²) in [6.07, 6.45) is 0.422. The Hall–Kier alpha value is -1.48. The Bertz CT molecular complexity index is 569. The van der Waals surface area contributed by atoms with Crippen LogP contribution < -0.4 is 0 Å². The van der Waals surface area contributed by atoms with Crippen molar-refractivity contribution >= 4 is 11.6 Å². The van der Waals surface area contributed by atoms with Gasteiger partial charge in [0.05, 0.1) is 12.2 Å². The van der Waals surface area contributed by atoms with Crippen molar-refractivity contribution in [2.45, 2.75) is 32.5 Å². The van der Waals surface area contributed by atoms with Crippen LogP contribution in [0.1, 0.15) is 43.6 Å². The molecule has 0 aromatic heterocycles. The average Bonchev–Trinajstić information content (AvgIpc) is 2.73. The number of Topliss-reactive ketones (excluding diaryl/α,β-unsaturated/α-hetero) is 2. The van der Waals surface area contributed by atoms with Gasteiger partial charge in [-0.2, -0.15) is 0 Å². The largest absolute Gasteiger partial charge is 0.365 e. The first-order valence-corrected chi connectivity index (χ1v) is 6.82. The summed E-state index contributed by atoms with van der Waals surface area (Å²) in [5, 5.41) is 0. The van der Waals surface area contributed by atoms with Crippen LogP contribution in [0.25, 0.3) is 0 Å². The van der Waals surface area contributed by atoms with Gasteiger partial charge in [0.2, 0.25) is 0 Å². The number of carbonyl (C=O) groups is 2. The van der Waals surface area contributed by atoms with Crippen LogP contribution in [0.2, 0.25) is 0 Å². The fourth-order valence-electron chi connectivity index (χ4n) is 4.55. The molecule has 0 spiro atoms. The molecule has 2 aliphatic heterocycles. The monoisotopic (exact) mass is 256 g/mol. The molecule has 1 saturated heterocycles. The molecule has 4 atom stereocenters. The van der Waals surface area contributed by atoms with E-state index in [-0.39, 0.29) is 35.6 Å². The van der Waals surface area contributed by atoms with Gasteiger partial charge in [-0.25, -0.2) is 0 Å². The highest BCUT2D eigenvalue weighted by Crippen LogP contribution is 2.80. The second-order valence-corrected chi connectivity index (χ2v) is 6.13. The van der Waals surface area contributed by atoms with E-state index in [9.17, 15) is 9.59 Å². The summed E-state index contributed by atoms with van der Waals surface area (Å²) in [7, 11) is 0. The Kier molecular flexibility index (Phi) is 2.00. The fourth-order valence-corrected chi connectivity index (χ4v) is 4.55. The molecule has 3 heteroatoms. The van der Waals surface area contributed by atoms with Gasteiger partial charge in [0, 0.05) is 23.7 Å².